The Morgan fingerprint density at radius 1 is 0.382 bits per heavy atom. The van der Waals surface area contributed by atoms with Crippen LogP contribution in [0, 0.1) is 46.5 Å². The fourth-order valence-corrected chi connectivity index (χ4v) is 4.24. The topological polar surface area (TPSA) is 0 Å². The van der Waals surface area contributed by atoms with Gasteiger partial charge in [0.1, 0.15) is 5.82 Å². The Morgan fingerprint density at radius 3 is 1.53 bits per heavy atom. The van der Waals surface area contributed by atoms with Crippen molar-refractivity contribution in [2.75, 3.05) is 0 Å². The van der Waals surface area contributed by atoms with Gasteiger partial charge in [0.25, 0.3) is 0 Å². The van der Waals surface area contributed by atoms with E-state index in [4.69, 9.17) is 0 Å². The molecule has 0 aromatic heterocycles. The molecule has 0 saturated heterocycles. The summed E-state index contributed by atoms with van der Waals surface area (Å²) in [7, 11) is 0. The molecule has 5 aromatic rings. The van der Waals surface area contributed by atoms with E-state index in [2.05, 4.69) is 0 Å². The van der Waals surface area contributed by atoms with Crippen LogP contribution in [0.15, 0.2) is 60.7 Å². The third kappa shape index (κ3) is 3.05. The number of halogens is 8. The molecule has 0 aliphatic carbocycles. The quantitative estimate of drug-likeness (QED) is 0.104. The van der Waals surface area contributed by atoms with Gasteiger partial charge >= 0.3 is 0 Å². The summed E-state index contributed by atoms with van der Waals surface area (Å²) in [4.78, 5) is 0. The molecule has 0 radical (unpaired) electrons. The second-order valence-corrected chi connectivity index (χ2v) is 7.54. The molecule has 34 heavy (non-hydrogen) atoms. The van der Waals surface area contributed by atoms with E-state index < -0.39 is 73.8 Å². The van der Waals surface area contributed by atoms with Crippen molar-refractivity contribution in [1.29, 1.82) is 0 Å². The van der Waals surface area contributed by atoms with Gasteiger partial charge in [-0.15, -0.1) is 0 Å². The Labute approximate surface area is 186 Å². The molecule has 0 unspecified atom stereocenters. The van der Waals surface area contributed by atoms with E-state index in [0.29, 0.717) is 12.1 Å². The van der Waals surface area contributed by atoms with Crippen molar-refractivity contribution in [2.24, 2.45) is 0 Å². The molecule has 0 N–H and O–H groups in total. The van der Waals surface area contributed by atoms with Crippen LogP contribution >= 0.6 is 0 Å². The lowest BCUT2D eigenvalue weighted by Gasteiger charge is -2.19. The van der Waals surface area contributed by atoms with E-state index in [1.54, 1.807) is 18.2 Å². The van der Waals surface area contributed by atoms with Crippen molar-refractivity contribution in [2.45, 2.75) is 0 Å². The molecule has 5 aromatic carbocycles. The Kier molecular flexibility index (Phi) is 5.04. The monoisotopic (exact) mass is 474 g/mol. The molecule has 170 valence electrons. The highest BCUT2D eigenvalue weighted by atomic mass is 19.2. The van der Waals surface area contributed by atoms with Gasteiger partial charge in [0.2, 0.25) is 0 Å². The highest BCUT2D eigenvalue weighted by molar-refractivity contribution is 6.21. The van der Waals surface area contributed by atoms with Crippen LogP contribution in [-0.2, 0) is 0 Å². The van der Waals surface area contributed by atoms with Gasteiger partial charge in [-0.2, -0.15) is 0 Å². The van der Waals surface area contributed by atoms with Crippen LogP contribution in [0.3, 0.4) is 0 Å². The smallest absolute Gasteiger partial charge is 0.198 e. The summed E-state index contributed by atoms with van der Waals surface area (Å²) in [5, 5.41) is -2.22. The van der Waals surface area contributed by atoms with Crippen LogP contribution in [0.25, 0.3) is 43.8 Å². The van der Waals surface area contributed by atoms with Gasteiger partial charge in [-0.3, -0.25) is 0 Å². The fourth-order valence-electron chi connectivity index (χ4n) is 4.24. The van der Waals surface area contributed by atoms with Crippen molar-refractivity contribution in [1.82, 2.24) is 0 Å². The Balaban J connectivity index is 2.16. The number of hydrogen-bond acceptors (Lipinski definition) is 0. The molecule has 0 atom stereocenters. The summed E-state index contributed by atoms with van der Waals surface area (Å²) in [6, 6.07) is 12.0. The first-order valence-corrected chi connectivity index (χ1v) is 9.82. The minimum Gasteiger partial charge on any atom is -0.206 e. The average molecular weight is 474 g/mol. The van der Waals surface area contributed by atoms with Gasteiger partial charge in [-0.05, 0) is 34.7 Å². The number of rotatable bonds is 2. The molecule has 0 bridgehead atoms. The summed E-state index contributed by atoms with van der Waals surface area (Å²) < 4.78 is 116. The van der Waals surface area contributed by atoms with Crippen LogP contribution in [0.4, 0.5) is 35.1 Å². The molecule has 0 nitrogen and oxygen atoms in total. The lowest BCUT2D eigenvalue weighted by Crippen LogP contribution is -2.04. The zero-order valence-corrected chi connectivity index (χ0v) is 16.8. The highest BCUT2D eigenvalue weighted by Gasteiger charge is 2.29. The van der Waals surface area contributed by atoms with E-state index in [1.807, 2.05) is 0 Å². The van der Waals surface area contributed by atoms with E-state index >= 15 is 13.2 Å². The molecule has 0 aliphatic heterocycles. The molecule has 8 heteroatoms. The van der Waals surface area contributed by atoms with Crippen LogP contribution in [-0.4, -0.2) is 0 Å². The minimum atomic E-state index is -2.19. The SMILES string of the molecule is Fc1cc(-c2c3c(F)cccc3c(-c3ccccc3)c3c(F)c(F)c(F)c(F)c23)cc(F)c1F. The van der Waals surface area contributed by atoms with Gasteiger partial charge in [-0.25, -0.2) is 35.1 Å². The Bertz CT molecular complexity index is 1600. The van der Waals surface area contributed by atoms with Crippen LogP contribution in [0.2, 0.25) is 0 Å². The van der Waals surface area contributed by atoms with Crippen molar-refractivity contribution in [3.05, 3.63) is 107 Å². The van der Waals surface area contributed by atoms with Gasteiger partial charge in [0, 0.05) is 27.3 Å². The molecule has 0 spiro atoms. The summed E-state index contributed by atoms with van der Waals surface area (Å²) in [6.07, 6.45) is 0. The average Bonchev–Trinajstić information content (AvgIpc) is 2.83. The predicted octanol–water partition coefficient (Wildman–Crippen LogP) is 8.44. The maximum atomic E-state index is 15.3. The minimum absolute atomic E-state index is 0.0665. The zero-order valence-electron chi connectivity index (χ0n) is 16.8. The van der Waals surface area contributed by atoms with Crippen LogP contribution < -0.4 is 0 Å². The van der Waals surface area contributed by atoms with Crippen molar-refractivity contribution < 1.29 is 35.1 Å². The second kappa shape index (κ2) is 7.83. The van der Waals surface area contributed by atoms with Crippen molar-refractivity contribution >= 4 is 21.5 Å². The van der Waals surface area contributed by atoms with Gasteiger partial charge in [0.15, 0.2) is 40.7 Å². The lowest BCUT2D eigenvalue weighted by molar-refractivity contribution is 0.418. The van der Waals surface area contributed by atoms with Gasteiger partial charge in [-0.1, -0.05) is 42.5 Å². The molecular weight excluding hydrogens is 464 g/mol. The summed E-state index contributed by atoms with van der Waals surface area (Å²) in [5.74, 6) is -14.2. The lowest BCUT2D eigenvalue weighted by atomic mass is 9.85. The normalized spacial score (nSPS) is 11.5. The standard InChI is InChI=1S/C26H10F8/c27-14-8-4-7-13-17(11-5-2-1-3-6-11)20-21(24(32)26(34)25(33)23(20)31)18(19(13)14)12-9-15(28)22(30)16(29)10-12/h1-10H. The number of hydrogen-bond donors (Lipinski definition) is 0. The van der Waals surface area contributed by atoms with Crippen LogP contribution in [0.1, 0.15) is 0 Å². The van der Waals surface area contributed by atoms with E-state index in [9.17, 15) is 22.0 Å². The predicted molar refractivity (Wildman–Crippen MR) is 112 cm³/mol. The van der Waals surface area contributed by atoms with Crippen molar-refractivity contribution in [3.63, 3.8) is 0 Å². The van der Waals surface area contributed by atoms with E-state index in [1.165, 1.54) is 24.3 Å². The van der Waals surface area contributed by atoms with Gasteiger partial charge in [0.05, 0.1) is 0 Å². The van der Waals surface area contributed by atoms with Gasteiger partial charge < -0.3 is 0 Å². The first-order valence-electron chi connectivity index (χ1n) is 9.82. The number of benzene rings is 5. The Hall–Kier alpha value is -3.94. The largest absolute Gasteiger partial charge is 0.206 e. The molecule has 0 fully saturated rings. The molecule has 0 aliphatic rings. The summed E-state index contributed by atoms with van der Waals surface area (Å²) >= 11 is 0. The Morgan fingerprint density at radius 2 is 0.941 bits per heavy atom. The van der Waals surface area contributed by atoms with Crippen molar-refractivity contribution in [3.8, 4) is 22.3 Å². The fraction of sp³-hybridized carbons (Fsp3) is 0. The first kappa shape index (κ1) is 21.9. The second-order valence-electron chi connectivity index (χ2n) is 7.54. The first-order chi connectivity index (χ1) is 16.2. The maximum Gasteiger partial charge on any atom is 0.198 e. The molecule has 5 rings (SSSR count). The third-order valence-corrected chi connectivity index (χ3v) is 5.64. The molecule has 0 amide bonds. The molecule has 0 heterocycles. The summed E-state index contributed by atoms with van der Waals surface area (Å²) in [6.45, 7) is 0. The number of fused-ring (bicyclic) bond motifs is 2. The van der Waals surface area contributed by atoms with Crippen LogP contribution in [0.5, 0.6) is 0 Å². The zero-order chi connectivity index (χ0) is 24.3. The maximum absolute atomic E-state index is 15.3. The van der Waals surface area contributed by atoms with E-state index in [-0.39, 0.29) is 16.5 Å². The third-order valence-electron chi connectivity index (χ3n) is 5.64. The van der Waals surface area contributed by atoms with E-state index in [0.717, 1.165) is 6.07 Å². The highest BCUT2D eigenvalue weighted by Crippen LogP contribution is 2.47. The summed E-state index contributed by atoms with van der Waals surface area (Å²) in [5.41, 5.74) is -1.20. The molecular formula is C26H10F8. The molecule has 0 saturated carbocycles.